The molecule has 0 N–H and O–H groups in total. The molecule has 0 bridgehead atoms. The second kappa shape index (κ2) is 4.19. The smallest absolute Gasteiger partial charge is 0.206 e. The van der Waals surface area contributed by atoms with Crippen molar-refractivity contribution in [3.05, 3.63) is 33.5 Å². The summed E-state index contributed by atoms with van der Waals surface area (Å²) < 4.78 is 50.3. The molecule has 0 amide bonds. The fraction of sp³-hybridized carbons (Fsp3) is 0.222. The van der Waals surface area contributed by atoms with E-state index in [1.807, 2.05) is 0 Å². The molecule has 0 aromatic heterocycles. The Hall–Kier alpha value is -1.09. The molecule has 1 aromatic rings. The minimum absolute atomic E-state index is 0.0986. The van der Waals surface area contributed by atoms with Crippen LogP contribution in [0.2, 0.25) is 0 Å². The van der Waals surface area contributed by atoms with Crippen molar-refractivity contribution in [1.29, 1.82) is 5.26 Å². The molecule has 15 heavy (non-hydrogen) atoms. The largest absolute Gasteiger partial charge is 0.419 e. The maximum atomic E-state index is 13.2. The van der Waals surface area contributed by atoms with Gasteiger partial charge in [0.1, 0.15) is 5.82 Å². The highest BCUT2D eigenvalue weighted by Crippen LogP contribution is 2.34. The predicted molar refractivity (Wildman–Crippen MR) is 48.4 cm³/mol. The SMILES string of the molecule is N#CCc1cc(Br)cc(C(F)(F)F)c1F. The summed E-state index contributed by atoms with van der Waals surface area (Å²) in [6.07, 6.45) is -5.15. The maximum absolute atomic E-state index is 13.2. The van der Waals surface area contributed by atoms with Gasteiger partial charge in [0.15, 0.2) is 0 Å². The van der Waals surface area contributed by atoms with Gasteiger partial charge in [-0.05, 0) is 12.1 Å². The topological polar surface area (TPSA) is 23.8 Å². The van der Waals surface area contributed by atoms with Gasteiger partial charge in [-0.25, -0.2) is 4.39 Å². The first-order valence-electron chi connectivity index (χ1n) is 3.78. The van der Waals surface area contributed by atoms with Crippen LogP contribution in [0.25, 0.3) is 0 Å². The van der Waals surface area contributed by atoms with Crippen molar-refractivity contribution in [3.8, 4) is 6.07 Å². The first-order chi connectivity index (χ1) is 6.86. The van der Waals surface area contributed by atoms with Gasteiger partial charge < -0.3 is 0 Å². The highest BCUT2D eigenvalue weighted by Gasteiger charge is 2.35. The van der Waals surface area contributed by atoms with Crippen molar-refractivity contribution in [2.24, 2.45) is 0 Å². The molecule has 1 rings (SSSR count). The lowest BCUT2D eigenvalue weighted by Crippen LogP contribution is -2.10. The fourth-order valence-corrected chi connectivity index (χ4v) is 1.57. The predicted octanol–water partition coefficient (Wildman–Crippen LogP) is 3.67. The Kier molecular flexibility index (Phi) is 3.35. The zero-order chi connectivity index (χ0) is 11.6. The quantitative estimate of drug-likeness (QED) is 0.721. The van der Waals surface area contributed by atoms with Gasteiger partial charge in [-0.1, -0.05) is 15.9 Å². The fourth-order valence-electron chi connectivity index (χ4n) is 1.07. The number of alkyl halides is 3. The van der Waals surface area contributed by atoms with Crippen LogP contribution in [-0.4, -0.2) is 0 Å². The molecule has 80 valence electrons. The summed E-state index contributed by atoms with van der Waals surface area (Å²) >= 11 is 2.83. The second-order valence-corrected chi connectivity index (χ2v) is 3.67. The summed E-state index contributed by atoms with van der Waals surface area (Å²) in [5, 5.41) is 8.32. The summed E-state index contributed by atoms with van der Waals surface area (Å²) in [6, 6.07) is 3.41. The van der Waals surface area contributed by atoms with E-state index in [0.717, 1.165) is 6.07 Å². The van der Waals surface area contributed by atoms with Gasteiger partial charge in [-0.3, -0.25) is 0 Å². The van der Waals surface area contributed by atoms with Gasteiger partial charge in [-0.15, -0.1) is 0 Å². The summed E-state index contributed by atoms with van der Waals surface area (Å²) in [5.41, 5.74) is -1.62. The molecule has 0 saturated heterocycles. The molecule has 0 atom stereocenters. The molecular weight excluding hydrogens is 278 g/mol. The number of nitrogens with zero attached hydrogens (tertiary/aromatic N) is 1. The Morgan fingerprint density at radius 2 is 1.93 bits per heavy atom. The van der Waals surface area contributed by atoms with E-state index in [4.69, 9.17) is 5.26 Å². The number of benzene rings is 1. The third-order valence-electron chi connectivity index (χ3n) is 1.69. The highest BCUT2D eigenvalue weighted by atomic mass is 79.9. The first kappa shape index (κ1) is 12.0. The van der Waals surface area contributed by atoms with Crippen molar-refractivity contribution in [1.82, 2.24) is 0 Å². The van der Waals surface area contributed by atoms with Crippen LogP contribution in [0.15, 0.2) is 16.6 Å². The number of rotatable bonds is 1. The number of hydrogen-bond donors (Lipinski definition) is 0. The molecule has 6 heteroatoms. The minimum Gasteiger partial charge on any atom is -0.206 e. The van der Waals surface area contributed by atoms with Crippen LogP contribution >= 0.6 is 15.9 Å². The monoisotopic (exact) mass is 281 g/mol. The van der Waals surface area contributed by atoms with Crippen LogP contribution < -0.4 is 0 Å². The Labute approximate surface area is 91.4 Å². The average Bonchev–Trinajstić information content (AvgIpc) is 2.09. The minimum atomic E-state index is -4.75. The van der Waals surface area contributed by atoms with Crippen LogP contribution in [0.3, 0.4) is 0 Å². The molecular formula is C9H4BrF4N. The number of hydrogen-bond acceptors (Lipinski definition) is 1. The zero-order valence-electron chi connectivity index (χ0n) is 7.20. The molecule has 0 aliphatic rings. The first-order valence-corrected chi connectivity index (χ1v) is 4.57. The van der Waals surface area contributed by atoms with Gasteiger partial charge in [0.25, 0.3) is 0 Å². The van der Waals surface area contributed by atoms with E-state index in [1.165, 1.54) is 0 Å². The van der Waals surface area contributed by atoms with Crippen molar-refractivity contribution in [2.45, 2.75) is 12.6 Å². The van der Waals surface area contributed by atoms with Gasteiger partial charge in [-0.2, -0.15) is 18.4 Å². The molecule has 0 aliphatic heterocycles. The summed E-state index contributed by atoms with van der Waals surface area (Å²) in [7, 11) is 0. The maximum Gasteiger partial charge on any atom is 0.419 e. The molecule has 0 heterocycles. The van der Waals surface area contributed by atoms with Crippen LogP contribution in [0, 0.1) is 17.1 Å². The van der Waals surface area contributed by atoms with Gasteiger partial charge >= 0.3 is 6.18 Å². The van der Waals surface area contributed by atoms with E-state index in [1.54, 1.807) is 6.07 Å². The molecule has 0 aliphatic carbocycles. The molecule has 1 aromatic carbocycles. The molecule has 0 unspecified atom stereocenters. The van der Waals surface area contributed by atoms with Crippen LogP contribution in [-0.2, 0) is 12.6 Å². The van der Waals surface area contributed by atoms with E-state index in [2.05, 4.69) is 15.9 Å². The third-order valence-corrected chi connectivity index (χ3v) is 2.15. The van der Waals surface area contributed by atoms with Crippen LogP contribution in [0.4, 0.5) is 17.6 Å². The zero-order valence-corrected chi connectivity index (χ0v) is 8.78. The Morgan fingerprint density at radius 3 is 2.40 bits per heavy atom. The summed E-state index contributed by atoms with van der Waals surface area (Å²) in [5.74, 6) is -1.38. The molecule has 0 radical (unpaired) electrons. The summed E-state index contributed by atoms with van der Waals surface area (Å²) in [4.78, 5) is 0. The van der Waals surface area contributed by atoms with E-state index in [-0.39, 0.29) is 10.0 Å². The van der Waals surface area contributed by atoms with Gasteiger partial charge in [0, 0.05) is 10.0 Å². The van der Waals surface area contributed by atoms with Crippen LogP contribution in [0.1, 0.15) is 11.1 Å². The van der Waals surface area contributed by atoms with E-state index < -0.39 is 24.0 Å². The van der Waals surface area contributed by atoms with Crippen molar-refractivity contribution < 1.29 is 17.6 Å². The number of halogens is 5. The Morgan fingerprint density at radius 1 is 1.33 bits per heavy atom. The summed E-state index contributed by atoms with van der Waals surface area (Å²) in [6.45, 7) is 0. The lowest BCUT2D eigenvalue weighted by atomic mass is 10.1. The third kappa shape index (κ3) is 2.69. The average molecular weight is 282 g/mol. The van der Waals surface area contributed by atoms with Gasteiger partial charge in [0.2, 0.25) is 0 Å². The second-order valence-electron chi connectivity index (χ2n) is 2.76. The van der Waals surface area contributed by atoms with Crippen molar-refractivity contribution in [3.63, 3.8) is 0 Å². The molecule has 0 fully saturated rings. The molecule has 0 spiro atoms. The van der Waals surface area contributed by atoms with E-state index in [9.17, 15) is 17.6 Å². The number of nitriles is 1. The van der Waals surface area contributed by atoms with Crippen LogP contribution in [0.5, 0.6) is 0 Å². The Bertz CT molecular complexity index is 419. The van der Waals surface area contributed by atoms with Crippen molar-refractivity contribution in [2.75, 3.05) is 0 Å². The lowest BCUT2D eigenvalue weighted by Gasteiger charge is -2.10. The standard InChI is InChI=1S/C9H4BrF4N/c10-6-3-5(1-2-15)8(11)7(4-6)9(12,13)14/h3-4H,1H2. The normalized spacial score (nSPS) is 11.2. The molecule has 1 nitrogen and oxygen atoms in total. The van der Waals surface area contributed by atoms with Gasteiger partial charge in [0.05, 0.1) is 18.1 Å². The van der Waals surface area contributed by atoms with E-state index in [0.29, 0.717) is 6.07 Å². The Balaban J connectivity index is 3.36. The molecule has 0 saturated carbocycles. The highest BCUT2D eigenvalue weighted by molar-refractivity contribution is 9.10. The van der Waals surface area contributed by atoms with Crippen molar-refractivity contribution >= 4 is 15.9 Å². The lowest BCUT2D eigenvalue weighted by molar-refractivity contribution is -0.140. The van der Waals surface area contributed by atoms with E-state index >= 15 is 0 Å².